The van der Waals surface area contributed by atoms with Gasteiger partial charge in [0, 0.05) is 6.07 Å². The van der Waals surface area contributed by atoms with Gasteiger partial charge in [0.15, 0.2) is 5.82 Å². The summed E-state index contributed by atoms with van der Waals surface area (Å²) in [5.74, 6) is 2.04. The Bertz CT molecular complexity index is 868. The van der Waals surface area contributed by atoms with Gasteiger partial charge in [0.05, 0.1) is 19.6 Å². The maximum absolute atomic E-state index is 12.8. The lowest BCUT2D eigenvalue weighted by atomic mass is 9.90. The smallest absolute Gasteiger partial charge is 0.252 e. The molecule has 2 amide bonds. The molecular formula is C22H27N3O4. The highest BCUT2D eigenvalue weighted by Crippen LogP contribution is 2.30. The number of aryl methyl sites for hydroxylation is 2. The number of benzene rings is 1. The lowest BCUT2D eigenvalue weighted by Gasteiger charge is -2.34. The molecule has 7 nitrogen and oxygen atoms in total. The average Bonchev–Trinajstić information content (AvgIpc) is 3.29. The molecule has 29 heavy (non-hydrogen) atoms. The van der Waals surface area contributed by atoms with Crippen LogP contribution in [0.4, 0.5) is 5.82 Å². The van der Waals surface area contributed by atoms with E-state index >= 15 is 0 Å². The number of anilines is 1. The maximum Gasteiger partial charge on any atom is 0.252 e. The summed E-state index contributed by atoms with van der Waals surface area (Å²) in [5.41, 5.74) is 1.32. The quantitative estimate of drug-likeness (QED) is 0.698. The molecule has 2 saturated heterocycles. The second-order valence-electron chi connectivity index (χ2n) is 7.95. The summed E-state index contributed by atoms with van der Waals surface area (Å²) in [7, 11) is 1.68. The summed E-state index contributed by atoms with van der Waals surface area (Å²) in [6.45, 7) is 3.45. The molecule has 2 fully saturated rings. The fraction of sp³-hybridized carbons (Fsp3) is 0.500. The number of piperidine rings is 1. The number of methoxy groups -OCH3 is 1. The Hall–Kier alpha value is -2.67. The van der Waals surface area contributed by atoms with Crippen molar-refractivity contribution in [3.8, 4) is 5.75 Å². The zero-order valence-electron chi connectivity index (χ0n) is 17.0. The van der Waals surface area contributed by atoms with E-state index in [4.69, 9.17) is 9.26 Å². The molecule has 154 valence electrons. The lowest BCUT2D eigenvalue weighted by molar-refractivity contribution is -0.123. The number of amides is 2. The van der Waals surface area contributed by atoms with E-state index in [-0.39, 0.29) is 24.3 Å². The third kappa shape index (κ3) is 4.19. The van der Waals surface area contributed by atoms with E-state index in [1.165, 1.54) is 10.5 Å². The first kappa shape index (κ1) is 19.6. The number of carbonyl (C=O) groups is 2. The van der Waals surface area contributed by atoms with Crippen LogP contribution in [0.1, 0.15) is 37.0 Å². The van der Waals surface area contributed by atoms with Gasteiger partial charge in [-0.3, -0.25) is 14.5 Å². The van der Waals surface area contributed by atoms with Crippen LogP contribution in [0.3, 0.4) is 0 Å². The van der Waals surface area contributed by atoms with Gasteiger partial charge in [-0.2, -0.15) is 0 Å². The van der Waals surface area contributed by atoms with Crippen LogP contribution in [-0.2, 0) is 16.0 Å². The molecule has 2 aromatic rings. The van der Waals surface area contributed by atoms with Gasteiger partial charge < -0.3 is 9.26 Å². The molecule has 1 aromatic heterocycles. The van der Waals surface area contributed by atoms with Crippen molar-refractivity contribution in [2.75, 3.05) is 25.1 Å². The number of hydrogen-bond acceptors (Lipinski definition) is 6. The van der Waals surface area contributed by atoms with Crippen LogP contribution in [0.5, 0.6) is 5.75 Å². The van der Waals surface area contributed by atoms with Gasteiger partial charge >= 0.3 is 0 Å². The van der Waals surface area contributed by atoms with Crippen molar-refractivity contribution in [1.82, 2.24) is 10.1 Å². The van der Waals surface area contributed by atoms with Gasteiger partial charge in [-0.25, -0.2) is 4.90 Å². The van der Waals surface area contributed by atoms with Gasteiger partial charge in [-0.1, -0.05) is 17.3 Å². The molecule has 2 aliphatic rings. The minimum atomic E-state index is -0.373. The van der Waals surface area contributed by atoms with E-state index in [0.29, 0.717) is 17.5 Å². The Morgan fingerprint density at radius 2 is 1.90 bits per heavy atom. The lowest BCUT2D eigenvalue weighted by Crippen LogP contribution is -2.46. The number of carbonyl (C=O) groups excluding carboxylic acids is 2. The molecule has 0 unspecified atom stereocenters. The summed E-state index contributed by atoms with van der Waals surface area (Å²) in [5, 5.41) is 3.84. The predicted molar refractivity (Wildman–Crippen MR) is 108 cm³/mol. The number of ether oxygens (including phenoxy) is 1. The predicted octanol–water partition coefficient (Wildman–Crippen LogP) is 2.97. The second kappa shape index (κ2) is 8.37. The normalized spacial score (nSPS) is 21.2. The molecule has 0 N–H and O–H groups in total. The molecule has 0 saturated carbocycles. The SMILES string of the molecule is COc1ccc(CCC2CCN([C@H]3CC(=O)N(c4cc(C)on4)C3=O)CC2)cc1. The third-order valence-corrected chi connectivity index (χ3v) is 6.06. The summed E-state index contributed by atoms with van der Waals surface area (Å²) in [4.78, 5) is 28.6. The largest absolute Gasteiger partial charge is 0.497 e. The Balaban J connectivity index is 1.29. The van der Waals surface area contributed by atoms with Crippen LogP contribution >= 0.6 is 0 Å². The van der Waals surface area contributed by atoms with Crippen LogP contribution in [0.2, 0.25) is 0 Å². The van der Waals surface area contributed by atoms with E-state index in [2.05, 4.69) is 22.2 Å². The van der Waals surface area contributed by atoms with Crippen LogP contribution in [0.25, 0.3) is 0 Å². The number of hydrogen-bond donors (Lipinski definition) is 0. The second-order valence-corrected chi connectivity index (χ2v) is 7.95. The summed E-state index contributed by atoms with van der Waals surface area (Å²) in [6.07, 6.45) is 4.52. The zero-order chi connectivity index (χ0) is 20.4. The summed E-state index contributed by atoms with van der Waals surface area (Å²) < 4.78 is 10.2. The van der Waals surface area contributed by atoms with E-state index in [1.54, 1.807) is 20.1 Å². The van der Waals surface area contributed by atoms with Gasteiger partial charge in [0.2, 0.25) is 5.91 Å². The number of aromatic nitrogens is 1. The molecule has 1 aromatic carbocycles. The molecular weight excluding hydrogens is 370 g/mol. The molecule has 4 rings (SSSR count). The van der Waals surface area contributed by atoms with Crippen molar-refractivity contribution < 1.29 is 18.8 Å². The van der Waals surface area contributed by atoms with Crippen LogP contribution in [0.15, 0.2) is 34.9 Å². The highest BCUT2D eigenvalue weighted by Gasteiger charge is 2.44. The Morgan fingerprint density at radius 1 is 1.17 bits per heavy atom. The van der Waals surface area contributed by atoms with Crippen molar-refractivity contribution in [1.29, 1.82) is 0 Å². The number of rotatable bonds is 6. The van der Waals surface area contributed by atoms with Crippen LogP contribution in [-0.4, -0.2) is 48.1 Å². The fourth-order valence-corrected chi connectivity index (χ4v) is 4.32. The number of imide groups is 1. The van der Waals surface area contributed by atoms with Crippen molar-refractivity contribution in [2.45, 2.75) is 45.1 Å². The molecule has 2 aliphatic heterocycles. The molecule has 1 atom stereocenters. The standard InChI is InChI=1S/C22H27N3O4/c1-15-13-20(23-29-15)25-21(26)14-19(22(25)27)24-11-9-17(10-12-24)4-3-16-5-7-18(28-2)8-6-16/h5-8,13,17,19H,3-4,9-12,14H2,1-2H3/t19-/m0/s1. The van der Waals surface area contributed by atoms with Crippen molar-refractivity contribution in [2.24, 2.45) is 5.92 Å². The molecule has 0 spiro atoms. The van der Waals surface area contributed by atoms with E-state index in [0.717, 1.165) is 44.5 Å². The fourth-order valence-electron chi connectivity index (χ4n) is 4.32. The van der Waals surface area contributed by atoms with Gasteiger partial charge in [0.1, 0.15) is 11.5 Å². The van der Waals surface area contributed by atoms with Crippen molar-refractivity contribution in [3.63, 3.8) is 0 Å². The molecule has 0 aliphatic carbocycles. The Kier molecular flexibility index (Phi) is 5.67. The summed E-state index contributed by atoms with van der Waals surface area (Å²) in [6, 6.07) is 9.50. The van der Waals surface area contributed by atoms with Gasteiger partial charge in [0.25, 0.3) is 5.91 Å². The Morgan fingerprint density at radius 3 is 2.52 bits per heavy atom. The average molecular weight is 397 g/mol. The summed E-state index contributed by atoms with van der Waals surface area (Å²) >= 11 is 0. The number of nitrogens with zero attached hydrogens (tertiary/aromatic N) is 3. The first-order valence-corrected chi connectivity index (χ1v) is 10.2. The topological polar surface area (TPSA) is 75.9 Å². The molecule has 0 radical (unpaired) electrons. The van der Waals surface area contributed by atoms with Gasteiger partial charge in [-0.15, -0.1) is 0 Å². The minimum Gasteiger partial charge on any atom is -0.497 e. The van der Waals surface area contributed by atoms with Crippen LogP contribution in [0, 0.1) is 12.8 Å². The van der Waals surface area contributed by atoms with E-state index in [9.17, 15) is 9.59 Å². The first-order chi connectivity index (χ1) is 14.0. The van der Waals surface area contributed by atoms with Crippen LogP contribution < -0.4 is 9.64 Å². The minimum absolute atomic E-state index is 0.181. The maximum atomic E-state index is 12.8. The highest BCUT2D eigenvalue weighted by molar-refractivity contribution is 6.21. The zero-order valence-corrected chi connectivity index (χ0v) is 17.0. The van der Waals surface area contributed by atoms with E-state index in [1.807, 2.05) is 12.1 Å². The van der Waals surface area contributed by atoms with E-state index < -0.39 is 0 Å². The van der Waals surface area contributed by atoms with Crippen molar-refractivity contribution in [3.05, 3.63) is 41.7 Å². The molecule has 0 bridgehead atoms. The number of likely N-dealkylation sites (tertiary alicyclic amines) is 1. The molecule has 3 heterocycles. The highest BCUT2D eigenvalue weighted by atomic mass is 16.5. The van der Waals surface area contributed by atoms with Crippen molar-refractivity contribution >= 4 is 17.6 Å². The Labute approximate surface area is 170 Å². The monoisotopic (exact) mass is 397 g/mol. The van der Waals surface area contributed by atoms with Gasteiger partial charge in [-0.05, 0) is 69.3 Å². The third-order valence-electron chi connectivity index (χ3n) is 6.06. The first-order valence-electron chi connectivity index (χ1n) is 10.2. The molecule has 7 heteroatoms.